The van der Waals surface area contributed by atoms with Crippen LogP contribution in [0.5, 0.6) is 0 Å². The van der Waals surface area contributed by atoms with Gasteiger partial charge in [0.1, 0.15) is 0 Å². The number of hydrogen-bond acceptors (Lipinski definition) is 2. The van der Waals surface area contributed by atoms with E-state index in [2.05, 4.69) is 5.32 Å². The average molecular weight is 323 g/mol. The Labute approximate surface area is 134 Å². The van der Waals surface area contributed by atoms with Gasteiger partial charge < -0.3 is 10.2 Å². The smallest absolute Gasteiger partial charge is 0.255 e. The van der Waals surface area contributed by atoms with Crippen LogP contribution in [0.15, 0.2) is 42.5 Å². The van der Waals surface area contributed by atoms with Gasteiger partial charge in [-0.05, 0) is 29.8 Å². The average Bonchev–Trinajstić information content (AvgIpc) is 2.47. The van der Waals surface area contributed by atoms with Crippen molar-refractivity contribution in [1.29, 1.82) is 0 Å². The molecule has 1 amide bonds. The van der Waals surface area contributed by atoms with Crippen LogP contribution < -0.4 is 10.2 Å². The minimum atomic E-state index is -0.188. The summed E-state index contributed by atoms with van der Waals surface area (Å²) in [6.07, 6.45) is 0. The molecular weight excluding hydrogens is 307 g/mol. The number of alkyl halides is 1. The highest BCUT2D eigenvalue weighted by atomic mass is 35.5. The molecule has 2 aromatic rings. The summed E-state index contributed by atoms with van der Waals surface area (Å²) >= 11 is 12.0. The molecule has 21 heavy (non-hydrogen) atoms. The first-order valence-electron chi connectivity index (χ1n) is 6.45. The molecule has 0 aromatic heterocycles. The molecule has 0 fully saturated rings. The molecule has 0 aliphatic carbocycles. The van der Waals surface area contributed by atoms with Crippen LogP contribution in [0.25, 0.3) is 0 Å². The minimum Gasteiger partial charge on any atom is -0.375 e. The van der Waals surface area contributed by atoms with Crippen molar-refractivity contribution in [3.8, 4) is 0 Å². The number of benzene rings is 2. The number of anilines is 2. The molecule has 0 saturated heterocycles. The highest BCUT2D eigenvalue weighted by Gasteiger charge is 2.13. The van der Waals surface area contributed by atoms with Crippen LogP contribution >= 0.6 is 23.2 Å². The number of amides is 1. The number of hydrogen-bond donors (Lipinski definition) is 1. The summed E-state index contributed by atoms with van der Waals surface area (Å²) < 4.78 is 0. The lowest BCUT2D eigenvalue weighted by molar-refractivity contribution is 0.102. The van der Waals surface area contributed by atoms with Crippen molar-refractivity contribution >= 4 is 40.5 Å². The van der Waals surface area contributed by atoms with Crippen LogP contribution in [0.4, 0.5) is 11.4 Å². The summed E-state index contributed by atoms with van der Waals surface area (Å²) in [5.74, 6) is 0.189. The number of carbonyl (C=O) groups is 1. The number of nitrogens with one attached hydrogen (secondary N) is 1. The first kappa shape index (κ1) is 15.7. The van der Waals surface area contributed by atoms with E-state index in [-0.39, 0.29) is 5.91 Å². The molecule has 110 valence electrons. The predicted molar refractivity (Wildman–Crippen MR) is 89.7 cm³/mol. The zero-order chi connectivity index (χ0) is 15.4. The van der Waals surface area contributed by atoms with Gasteiger partial charge in [-0.1, -0.05) is 29.8 Å². The number of carbonyl (C=O) groups excluding carboxylic acids is 1. The second-order valence-corrected chi connectivity index (χ2v) is 5.49. The van der Waals surface area contributed by atoms with Gasteiger partial charge in [0.05, 0.1) is 16.4 Å². The second kappa shape index (κ2) is 6.83. The Morgan fingerprint density at radius 1 is 1.19 bits per heavy atom. The Bertz CT molecular complexity index is 656. The summed E-state index contributed by atoms with van der Waals surface area (Å²) in [4.78, 5) is 14.2. The maximum absolute atomic E-state index is 12.4. The van der Waals surface area contributed by atoms with Gasteiger partial charge in [-0.3, -0.25) is 4.79 Å². The van der Waals surface area contributed by atoms with Crippen molar-refractivity contribution in [1.82, 2.24) is 0 Å². The zero-order valence-corrected chi connectivity index (χ0v) is 13.4. The van der Waals surface area contributed by atoms with E-state index < -0.39 is 0 Å². The van der Waals surface area contributed by atoms with Crippen LogP contribution in [0.1, 0.15) is 15.9 Å². The van der Waals surface area contributed by atoms with Gasteiger partial charge in [-0.25, -0.2) is 0 Å². The molecule has 1 N–H and O–H groups in total. The third-order valence-electron chi connectivity index (χ3n) is 3.03. The summed E-state index contributed by atoms with van der Waals surface area (Å²) in [6.45, 7) is 0. The first-order chi connectivity index (χ1) is 10.0. The molecule has 3 nitrogen and oxygen atoms in total. The van der Waals surface area contributed by atoms with E-state index in [1.807, 2.05) is 37.2 Å². The Morgan fingerprint density at radius 3 is 2.57 bits per heavy atom. The summed E-state index contributed by atoms with van der Waals surface area (Å²) in [6, 6.07) is 12.7. The first-order valence-corrected chi connectivity index (χ1v) is 7.36. The Hall–Kier alpha value is -1.71. The molecule has 2 aromatic carbocycles. The topological polar surface area (TPSA) is 32.3 Å². The van der Waals surface area contributed by atoms with Gasteiger partial charge in [-0.15, -0.1) is 11.6 Å². The van der Waals surface area contributed by atoms with Gasteiger partial charge in [-0.2, -0.15) is 0 Å². The Morgan fingerprint density at radius 2 is 1.90 bits per heavy atom. The van der Waals surface area contributed by atoms with E-state index in [9.17, 15) is 4.79 Å². The molecule has 2 rings (SSSR count). The SMILES string of the molecule is CN(C)c1c(Cl)cccc1NC(=O)c1cccc(CCl)c1. The summed E-state index contributed by atoms with van der Waals surface area (Å²) in [7, 11) is 3.76. The molecule has 0 spiro atoms. The monoisotopic (exact) mass is 322 g/mol. The van der Waals surface area contributed by atoms with Crippen molar-refractivity contribution in [2.24, 2.45) is 0 Å². The predicted octanol–water partition coefficient (Wildman–Crippen LogP) is 4.40. The van der Waals surface area contributed by atoms with E-state index in [0.29, 0.717) is 22.2 Å². The fourth-order valence-electron chi connectivity index (χ4n) is 2.06. The molecule has 0 aliphatic heterocycles. The lowest BCUT2D eigenvalue weighted by atomic mass is 10.1. The van der Waals surface area contributed by atoms with Crippen molar-refractivity contribution in [2.45, 2.75) is 5.88 Å². The fourth-order valence-corrected chi connectivity index (χ4v) is 2.57. The second-order valence-electron chi connectivity index (χ2n) is 4.82. The summed E-state index contributed by atoms with van der Waals surface area (Å²) in [5, 5.41) is 3.48. The fraction of sp³-hybridized carbons (Fsp3) is 0.188. The Kier molecular flexibility index (Phi) is 5.10. The van der Waals surface area contributed by atoms with Crippen LogP contribution in [-0.4, -0.2) is 20.0 Å². The quantitative estimate of drug-likeness (QED) is 0.846. The van der Waals surface area contributed by atoms with Crippen molar-refractivity contribution in [3.05, 3.63) is 58.6 Å². The van der Waals surface area contributed by atoms with Crippen LogP contribution in [-0.2, 0) is 5.88 Å². The van der Waals surface area contributed by atoms with Gasteiger partial charge in [0, 0.05) is 25.5 Å². The number of rotatable bonds is 4. The maximum Gasteiger partial charge on any atom is 0.255 e. The molecule has 5 heteroatoms. The summed E-state index contributed by atoms with van der Waals surface area (Å²) in [5.41, 5.74) is 2.93. The van der Waals surface area contributed by atoms with Crippen molar-refractivity contribution < 1.29 is 4.79 Å². The molecule has 0 heterocycles. The van der Waals surface area contributed by atoms with Gasteiger partial charge in [0.25, 0.3) is 5.91 Å². The molecule has 0 bridgehead atoms. The van der Waals surface area contributed by atoms with Crippen molar-refractivity contribution in [2.75, 3.05) is 24.3 Å². The third kappa shape index (κ3) is 3.69. The molecule has 0 saturated carbocycles. The van der Waals surface area contributed by atoms with Gasteiger partial charge in [0.15, 0.2) is 0 Å². The van der Waals surface area contributed by atoms with Gasteiger partial charge >= 0.3 is 0 Å². The van der Waals surface area contributed by atoms with E-state index in [1.165, 1.54) is 0 Å². The number of halogens is 2. The van der Waals surface area contributed by atoms with Gasteiger partial charge in [0.2, 0.25) is 0 Å². The van der Waals surface area contributed by atoms with Crippen LogP contribution in [0.2, 0.25) is 5.02 Å². The standard InChI is InChI=1S/C16H16Cl2N2O/c1-20(2)15-13(18)7-4-8-14(15)19-16(21)12-6-3-5-11(9-12)10-17/h3-9H,10H2,1-2H3,(H,19,21). The van der Waals surface area contributed by atoms with E-state index in [4.69, 9.17) is 23.2 Å². The Balaban J connectivity index is 2.29. The largest absolute Gasteiger partial charge is 0.375 e. The highest BCUT2D eigenvalue weighted by Crippen LogP contribution is 2.32. The third-order valence-corrected chi connectivity index (χ3v) is 3.64. The molecule has 0 aliphatic rings. The number of nitrogens with zero attached hydrogens (tertiary/aromatic N) is 1. The minimum absolute atomic E-state index is 0.188. The number of para-hydroxylation sites is 1. The van der Waals surface area contributed by atoms with Crippen LogP contribution in [0, 0.1) is 0 Å². The molecule has 0 radical (unpaired) electrons. The molecule has 0 atom stereocenters. The van der Waals surface area contributed by atoms with Crippen LogP contribution in [0.3, 0.4) is 0 Å². The van der Waals surface area contributed by atoms with E-state index in [0.717, 1.165) is 11.3 Å². The van der Waals surface area contributed by atoms with E-state index in [1.54, 1.807) is 24.3 Å². The highest BCUT2D eigenvalue weighted by molar-refractivity contribution is 6.34. The lowest BCUT2D eigenvalue weighted by Gasteiger charge is -2.19. The normalized spacial score (nSPS) is 10.3. The molecule has 0 unspecified atom stereocenters. The van der Waals surface area contributed by atoms with Crippen molar-refractivity contribution in [3.63, 3.8) is 0 Å². The molecular formula is C16H16Cl2N2O. The maximum atomic E-state index is 12.4. The zero-order valence-electron chi connectivity index (χ0n) is 11.9. The lowest BCUT2D eigenvalue weighted by Crippen LogP contribution is -2.17. The van der Waals surface area contributed by atoms with E-state index >= 15 is 0 Å².